The zero-order chi connectivity index (χ0) is 19.4. The minimum absolute atomic E-state index is 0.0406. The number of benzene rings is 2. The summed E-state index contributed by atoms with van der Waals surface area (Å²) in [5.41, 5.74) is 0.619. The van der Waals surface area contributed by atoms with Gasteiger partial charge in [-0.2, -0.15) is 4.31 Å². The molecule has 0 atom stereocenters. The number of rotatable bonds is 6. The Balaban J connectivity index is 1.66. The van der Waals surface area contributed by atoms with Gasteiger partial charge in [-0.1, -0.05) is 18.2 Å². The number of hydrogen-bond donors (Lipinski definition) is 1. The van der Waals surface area contributed by atoms with Gasteiger partial charge in [0.15, 0.2) is 0 Å². The third-order valence-corrected chi connectivity index (χ3v) is 6.50. The van der Waals surface area contributed by atoms with Crippen LogP contribution in [0.5, 0.6) is 5.75 Å². The van der Waals surface area contributed by atoms with Crippen molar-refractivity contribution in [2.45, 2.75) is 23.8 Å². The molecule has 0 saturated carbocycles. The Bertz CT molecular complexity index is 910. The highest BCUT2D eigenvalue weighted by Gasteiger charge is 2.29. The van der Waals surface area contributed by atoms with Gasteiger partial charge in [0.05, 0.1) is 28.7 Å². The van der Waals surface area contributed by atoms with Crippen LogP contribution in [0.25, 0.3) is 0 Å². The van der Waals surface area contributed by atoms with Gasteiger partial charge < -0.3 is 10.1 Å². The molecule has 1 heterocycles. The molecule has 0 aliphatic carbocycles. The second kappa shape index (κ2) is 7.93. The summed E-state index contributed by atoms with van der Waals surface area (Å²) < 4.78 is 32.1. The first kappa shape index (κ1) is 19.1. The fourth-order valence-corrected chi connectivity index (χ4v) is 4.61. The number of ether oxygens (including phenoxy) is 1. The van der Waals surface area contributed by atoms with E-state index < -0.39 is 14.9 Å². The number of nitro benzene ring substituents is 1. The van der Waals surface area contributed by atoms with Gasteiger partial charge in [-0.25, -0.2) is 8.42 Å². The Morgan fingerprint density at radius 1 is 1.15 bits per heavy atom. The largest absolute Gasteiger partial charge is 0.494 e. The van der Waals surface area contributed by atoms with Crippen molar-refractivity contribution in [3.8, 4) is 5.75 Å². The maximum absolute atomic E-state index is 12.7. The highest BCUT2D eigenvalue weighted by Crippen LogP contribution is 2.31. The fourth-order valence-electron chi connectivity index (χ4n) is 3.11. The van der Waals surface area contributed by atoms with E-state index in [2.05, 4.69) is 5.32 Å². The summed E-state index contributed by atoms with van der Waals surface area (Å²) in [5, 5.41) is 14.2. The molecule has 2 aromatic rings. The fraction of sp³-hybridized carbons (Fsp3) is 0.333. The van der Waals surface area contributed by atoms with Gasteiger partial charge in [-0.3, -0.25) is 10.1 Å². The Morgan fingerprint density at radius 2 is 1.81 bits per heavy atom. The highest BCUT2D eigenvalue weighted by molar-refractivity contribution is 7.89. The molecule has 27 heavy (non-hydrogen) atoms. The van der Waals surface area contributed by atoms with Crippen molar-refractivity contribution < 1.29 is 18.1 Å². The van der Waals surface area contributed by atoms with Crippen LogP contribution >= 0.6 is 0 Å². The van der Waals surface area contributed by atoms with Crippen molar-refractivity contribution in [2.75, 3.05) is 25.5 Å². The Kier molecular flexibility index (Phi) is 5.62. The van der Waals surface area contributed by atoms with Gasteiger partial charge >= 0.3 is 0 Å². The number of piperidine rings is 1. The van der Waals surface area contributed by atoms with Crippen LogP contribution in [-0.4, -0.2) is 43.9 Å². The van der Waals surface area contributed by atoms with Gasteiger partial charge in [-0.05, 0) is 31.0 Å². The summed E-state index contributed by atoms with van der Waals surface area (Å²) in [4.78, 5) is 10.7. The molecule has 1 aliphatic heterocycles. The van der Waals surface area contributed by atoms with Crippen molar-refractivity contribution in [3.05, 3.63) is 58.6 Å². The molecule has 1 fully saturated rings. The van der Waals surface area contributed by atoms with Crippen LogP contribution in [0, 0.1) is 10.1 Å². The van der Waals surface area contributed by atoms with Crippen LogP contribution in [0.4, 0.5) is 11.4 Å². The lowest BCUT2D eigenvalue weighted by atomic mass is 10.1. The van der Waals surface area contributed by atoms with Crippen molar-refractivity contribution >= 4 is 21.4 Å². The summed E-state index contributed by atoms with van der Waals surface area (Å²) >= 11 is 0. The second-order valence-electron chi connectivity index (χ2n) is 6.28. The van der Waals surface area contributed by atoms with E-state index in [4.69, 9.17) is 4.74 Å². The lowest BCUT2D eigenvalue weighted by Gasteiger charge is -2.32. The monoisotopic (exact) mass is 391 g/mol. The molecule has 0 radical (unpaired) electrons. The summed E-state index contributed by atoms with van der Waals surface area (Å²) in [6, 6.07) is 12.9. The smallest absolute Gasteiger partial charge is 0.273 e. The molecule has 144 valence electrons. The van der Waals surface area contributed by atoms with Gasteiger partial charge in [0.2, 0.25) is 10.0 Å². The van der Waals surface area contributed by atoms with Gasteiger partial charge in [0.1, 0.15) is 5.75 Å². The molecule has 1 N–H and O–H groups in total. The Hall–Kier alpha value is -2.65. The number of sulfonamides is 1. The molecule has 2 aromatic carbocycles. The molecule has 1 aliphatic rings. The Morgan fingerprint density at radius 3 is 2.41 bits per heavy atom. The second-order valence-corrected chi connectivity index (χ2v) is 8.22. The topological polar surface area (TPSA) is 102 Å². The highest BCUT2D eigenvalue weighted by atomic mass is 32.2. The lowest BCUT2D eigenvalue weighted by Crippen LogP contribution is -2.42. The summed E-state index contributed by atoms with van der Waals surface area (Å²) in [5.74, 6) is 0.392. The van der Waals surface area contributed by atoms with Gasteiger partial charge in [-0.15, -0.1) is 0 Å². The number of non-ortho nitro benzene ring substituents is 1. The van der Waals surface area contributed by atoms with Crippen LogP contribution < -0.4 is 10.1 Å². The maximum Gasteiger partial charge on any atom is 0.273 e. The molecule has 0 unspecified atom stereocenters. The quantitative estimate of drug-likeness (QED) is 0.600. The van der Waals surface area contributed by atoms with Crippen molar-refractivity contribution in [3.63, 3.8) is 0 Å². The van der Waals surface area contributed by atoms with E-state index in [1.807, 2.05) is 0 Å². The number of nitro groups is 1. The zero-order valence-corrected chi connectivity index (χ0v) is 15.7. The molecule has 0 bridgehead atoms. The van der Waals surface area contributed by atoms with Crippen LogP contribution in [0.15, 0.2) is 53.4 Å². The third kappa shape index (κ3) is 4.20. The summed E-state index contributed by atoms with van der Waals surface area (Å²) in [6.07, 6.45) is 1.26. The molecule has 0 amide bonds. The number of nitrogens with zero attached hydrogens (tertiary/aromatic N) is 2. The molecule has 1 saturated heterocycles. The average Bonchev–Trinajstić information content (AvgIpc) is 2.69. The summed E-state index contributed by atoms with van der Waals surface area (Å²) in [6.45, 7) is 0.814. The first-order valence-corrected chi connectivity index (χ1v) is 10.00. The SMILES string of the molecule is COc1cc([N+](=O)[O-])ccc1NC1CCN(S(=O)(=O)c2ccccc2)CC1. The molecule has 8 nitrogen and oxygen atoms in total. The molecule has 9 heteroatoms. The first-order chi connectivity index (χ1) is 12.9. The molecule has 0 spiro atoms. The van der Waals surface area contributed by atoms with E-state index in [1.165, 1.54) is 23.5 Å². The van der Waals surface area contributed by atoms with E-state index in [-0.39, 0.29) is 11.7 Å². The molecule has 0 aromatic heterocycles. The van der Waals surface area contributed by atoms with Crippen LogP contribution in [0.2, 0.25) is 0 Å². The van der Waals surface area contributed by atoms with E-state index >= 15 is 0 Å². The maximum atomic E-state index is 12.7. The minimum Gasteiger partial charge on any atom is -0.494 e. The number of hydrogen-bond acceptors (Lipinski definition) is 6. The van der Waals surface area contributed by atoms with E-state index in [0.29, 0.717) is 42.3 Å². The van der Waals surface area contributed by atoms with Gasteiger partial charge in [0.25, 0.3) is 5.69 Å². The minimum atomic E-state index is -3.48. The molecular weight excluding hydrogens is 370 g/mol. The van der Waals surface area contributed by atoms with Gasteiger partial charge in [0, 0.05) is 25.2 Å². The number of nitrogens with one attached hydrogen (secondary N) is 1. The molecular formula is C18H21N3O5S. The zero-order valence-electron chi connectivity index (χ0n) is 14.9. The van der Waals surface area contributed by atoms with E-state index in [1.54, 1.807) is 36.4 Å². The average molecular weight is 391 g/mol. The first-order valence-electron chi connectivity index (χ1n) is 8.56. The lowest BCUT2D eigenvalue weighted by molar-refractivity contribution is -0.384. The van der Waals surface area contributed by atoms with Crippen molar-refractivity contribution in [2.24, 2.45) is 0 Å². The van der Waals surface area contributed by atoms with Crippen LogP contribution in [0.1, 0.15) is 12.8 Å². The third-order valence-electron chi connectivity index (χ3n) is 4.59. The summed E-state index contributed by atoms with van der Waals surface area (Å²) in [7, 11) is -2.02. The van der Waals surface area contributed by atoms with Crippen LogP contribution in [0.3, 0.4) is 0 Å². The van der Waals surface area contributed by atoms with E-state index in [0.717, 1.165) is 0 Å². The van der Waals surface area contributed by atoms with Crippen molar-refractivity contribution in [1.82, 2.24) is 4.31 Å². The normalized spacial score (nSPS) is 16.0. The number of methoxy groups -OCH3 is 1. The predicted molar refractivity (Wildman–Crippen MR) is 101 cm³/mol. The predicted octanol–water partition coefficient (Wildman–Crippen LogP) is 2.87. The molecule has 3 rings (SSSR count). The standard InChI is InChI=1S/C18H21N3O5S/c1-26-18-13-15(21(22)23)7-8-17(18)19-14-9-11-20(12-10-14)27(24,25)16-5-3-2-4-6-16/h2-8,13-14,19H,9-12H2,1H3. The van der Waals surface area contributed by atoms with E-state index in [9.17, 15) is 18.5 Å². The van der Waals surface area contributed by atoms with Crippen molar-refractivity contribution in [1.29, 1.82) is 0 Å². The Labute approximate surface area is 158 Å². The van der Waals surface area contributed by atoms with Crippen LogP contribution in [-0.2, 0) is 10.0 Å². The number of anilines is 1.